The number of hydrogen-bond acceptors (Lipinski definition) is 2. The molecule has 0 bridgehead atoms. The summed E-state index contributed by atoms with van der Waals surface area (Å²) in [5, 5.41) is 3.60. The maximum absolute atomic E-state index is 3.60. The van der Waals surface area contributed by atoms with E-state index in [9.17, 15) is 0 Å². The Kier molecular flexibility index (Phi) is 5.26. The standard InChI is InChI=1S/C14H30N2/c1-10(2)12(5)8-16-9-13(6)15-7-14(16)11(3)4/h10-15H,7-9H2,1-6H3. The summed E-state index contributed by atoms with van der Waals surface area (Å²) < 4.78 is 0. The first-order valence-corrected chi connectivity index (χ1v) is 6.89. The number of nitrogens with zero attached hydrogens (tertiary/aromatic N) is 1. The van der Waals surface area contributed by atoms with E-state index in [2.05, 4.69) is 51.8 Å². The second-order valence-corrected chi connectivity index (χ2v) is 6.30. The first kappa shape index (κ1) is 14.0. The van der Waals surface area contributed by atoms with Crippen molar-refractivity contribution in [2.24, 2.45) is 17.8 Å². The van der Waals surface area contributed by atoms with Crippen molar-refractivity contribution in [2.45, 2.75) is 53.6 Å². The molecule has 1 rings (SSSR count). The SMILES string of the molecule is CC1CN(CC(C)C(C)C)C(C(C)C)CN1. The van der Waals surface area contributed by atoms with Crippen molar-refractivity contribution < 1.29 is 0 Å². The highest BCUT2D eigenvalue weighted by Gasteiger charge is 2.29. The Morgan fingerprint density at radius 2 is 1.81 bits per heavy atom. The quantitative estimate of drug-likeness (QED) is 0.792. The molecule has 0 aromatic heterocycles. The van der Waals surface area contributed by atoms with Gasteiger partial charge in [-0.2, -0.15) is 0 Å². The minimum absolute atomic E-state index is 0.648. The highest BCUT2D eigenvalue weighted by molar-refractivity contribution is 4.86. The fourth-order valence-corrected chi connectivity index (χ4v) is 2.45. The Morgan fingerprint density at radius 3 is 2.31 bits per heavy atom. The molecular formula is C14H30N2. The summed E-state index contributed by atoms with van der Waals surface area (Å²) in [4.78, 5) is 2.70. The molecule has 0 aliphatic carbocycles. The van der Waals surface area contributed by atoms with E-state index in [1.54, 1.807) is 0 Å². The van der Waals surface area contributed by atoms with Crippen LogP contribution in [-0.4, -0.2) is 36.6 Å². The van der Waals surface area contributed by atoms with E-state index in [0.717, 1.165) is 30.3 Å². The predicted octanol–water partition coefficient (Wildman–Crippen LogP) is 2.60. The molecule has 0 aromatic rings. The summed E-state index contributed by atoms with van der Waals surface area (Å²) in [6, 6.07) is 1.37. The van der Waals surface area contributed by atoms with Gasteiger partial charge in [-0.3, -0.25) is 4.90 Å². The van der Waals surface area contributed by atoms with Gasteiger partial charge in [0.25, 0.3) is 0 Å². The van der Waals surface area contributed by atoms with Gasteiger partial charge in [-0.05, 0) is 24.7 Å². The average molecular weight is 226 g/mol. The smallest absolute Gasteiger partial charge is 0.0244 e. The molecule has 0 spiro atoms. The molecule has 1 saturated heterocycles. The maximum Gasteiger partial charge on any atom is 0.0244 e. The van der Waals surface area contributed by atoms with Gasteiger partial charge in [0, 0.05) is 31.7 Å². The van der Waals surface area contributed by atoms with Gasteiger partial charge < -0.3 is 5.32 Å². The van der Waals surface area contributed by atoms with Crippen LogP contribution in [0.25, 0.3) is 0 Å². The molecule has 16 heavy (non-hydrogen) atoms. The normalized spacial score (nSPS) is 30.0. The highest BCUT2D eigenvalue weighted by atomic mass is 15.2. The van der Waals surface area contributed by atoms with Gasteiger partial charge in [-0.1, -0.05) is 34.6 Å². The Labute approximate surface area is 102 Å². The van der Waals surface area contributed by atoms with Crippen molar-refractivity contribution in [2.75, 3.05) is 19.6 Å². The van der Waals surface area contributed by atoms with Crippen molar-refractivity contribution in [3.05, 3.63) is 0 Å². The molecule has 3 atom stereocenters. The minimum atomic E-state index is 0.648. The Bertz CT molecular complexity index is 201. The number of hydrogen-bond donors (Lipinski definition) is 1. The second kappa shape index (κ2) is 6.02. The van der Waals surface area contributed by atoms with Crippen LogP contribution in [0.4, 0.5) is 0 Å². The van der Waals surface area contributed by atoms with Crippen LogP contribution < -0.4 is 5.32 Å². The van der Waals surface area contributed by atoms with Crippen LogP contribution in [0.5, 0.6) is 0 Å². The summed E-state index contributed by atoms with van der Waals surface area (Å²) in [5.74, 6) is 2.34. The molecule has 1 heterocycles. The fourth-order valence-electron chi connectivity index (χ4n) is 2.45. The third-order valence-electron chi connectivity index (χ3n) is 4.08. The van der Waals surface area contributed by atoms with Gasteiger partial charge >= 0.3 is 0 Å². The molecular weight excluding hydrogens is 196 g/mol. The van der Waals surface area contributed by atoms with Crippen LogP contribution in [0.2, 0.25) is 0 Å². The molecule has 1 aliphatic rings. The van der Waals surface area contributed by atoms with Gasteiger partial charge in [-0.25, -0.2) is 0 Å². The van der Waals surface area contributed by atoms with Crippen molar-refractivity contribution in [1.82, 2.24) is 10.2 Å². The molecule has 0 radical (unpaired) electrons. The summed E-state index contributed by atoms with van der Waals surface area (Å²) in [5.41, 5.74) is 0. The monoisotopic (exact) mass is 226 g/mol. The van der Waals surface area contributed by atoms with Crippen molar-refractivity contribution in [3.63, 3.8) is 0 Å². The summed E-state index contributed by atoms with van der Waals surface area (Å²) in [6.07, 6.45) is 0. The zero-order valence-corrected chi connectivity index (χ0v) is 12.0. The molecule has 2 heteroatoms. The number of rotatable bonds is 4. The molecule has 2 nitrogen and oxygen atoms in total. The van der Waals surface area contributed by atoms with Crippen molar-refractivity contribution in [1.29, 1.82) is 0 Å². The van der Waals surface area contributed by atoms with Crippen LogP contribution in [0, 0.1) is 17.8 Å². The van der Waals surface area contributed by atoms with E-state index in [1.807, 2.05) is 0 Å². The number of piperazine rings is 1. The Balaban J connectivity index is 2.57. The third kappa shape index (κ3) is 3.74. The predicted molar refractivity (Wildman–Crippen MR) is 71.7 cm³/mol. The lowest BCUT2D eigenvalue weighted by atomic mass is 9.93. The van der Waals surface area contributed by atoms with Gasteiger partial charge in [0.05, 0.1) is 0 Å². The van der Waals surface area contributed by atoms with Gasteiger partial charge in [-0.15, -0.1) is 0 Å². The maximum atomic E-state index is 3.60. The summed E-state index contributed by atoms with van der Waals surface area (Å²) >= 11 is 0. The van der Waals surface area contributed by atoms with E-state index in [-0.39, 0.29) is 0 Å². The lowest BCUT2D eigenvalue weighted by Gasteiger charge is -2.43. The van der Waals surface area contributed by atoms with Crippen LogP contribution in [0.15, 0.2) is 0 Å². The molecule has 1 aliphatic heterocycles. The van der Waals surface area contributed by atoms with E-state index in [4.69, 9.17) is 0 Å². The topological polar surface area (TPSA) is 15.3 Å². The van der Waals surface area contributed by atoms with Crippen LogP contribution >= 0.6 is 0 Å². The first-order valence-electron chi connectivity index (χ1n) is 6.89. The van der Waals surface area contributed by atoms with Gasteiger partial charge in [0.15, 0.2) is 0 Å². The van der Waals surface area contributed by atoms with E-state index < -0.39 is 0 Å². The minimum Gasteiger partial charge on any atom is -0.311 e. The molecule has 0 saturated carbocycles. The lowest BCUT2D eigenvalue weighted by Crippen LogP contribution is -2.58. The summed E-state index contributed by atoms with van der Waals surface area (Å²) in [6.45, 7) is 17.7. The van der Waals surface area contributed by atoms with Crippen LogP contribution in [0.1, 0.15) is 41.5 Å². The zero-order chi connectivity index (χ0) is 12.3. The van der Waals surface area contributed by atoms with Crippen molar-refractivity contribution in [3.8, 4) is 0 Å². The molecule has 1 fully saturated rings. The zero-order valence-electron chi connectivity index (χ0n) is 12.0. The third-order valence-corrected chi connectivity index (χ3v) is 4.08. The van der Waals surface area contributed by atoms with Crippen LogP contribution in [0.3, 0.4) is 0 Å². The fraction of sp³-hybridized carbons (Fsp3) is 1.00. The van der Waals surface area contributed by atoms with Crippen LogP contribution in [-0.2, 0) is 0 Å². The van der Waals surface area contributed by atoms with E-state index >= 15 is 0 Å². The number of nitrogens with one attached hydrogen (secondary N) is 1. The highest BCUT2D eigenvalue weighted by Crippen LogP contribution is 2.19. The second-order valence-electron chi connectivity index (χ2n) is 6.30. The molecule has 96 valence electrons. The van der Waals surface area contributed by atoms with E-state index in [0.29, 0.717) is 6.04 Å². The molecule has 0 aromatic carbocycles. The molecule has 1 N–H and O–H groups in total. The van der Waals surface area contributed by atoms with Gasteiger partial charge in [0.2, 0.25) is 0 Å². The first-order chi connectivity index (χ1) is 7.41. The largest absolute Gasteiger partial charge is 0.311 e. The van der Waals surface area contributed by atoms with Crippen molar-refractivity contribution >= 4 is 0 Å². The van der Waals surface area contributed by atoms with Gasteiger partial charge in [0.1, 0.15) is 0 Å². The Morgan fingerprint density at radius 1 is 1.19 bits per heavy atom. The Hall–Kier alpha value is -0.0800. The average Bonchev–Trinajstić information content (AvgIpc) is 2.16. The molecule has 3 unspecified atom stereocenters. The van der Waals surface area contributed by atoms with E-state index in [1.165, 1.54) is 13.1 Å². The molecule has 0 amide bonds. The summed E-state index contributed by atoms with van der Waals surface area (Å²) in [7, 11) is 0. The lowest BCUT2D eigenvalue weighted by molar-refractivity contribution is 0.0801.